The molecule has 5 nitrogen and oxygen atoms in total. The van der Waals surface area contributed by atoms with Crippen LogP contribution in [0.1, 0.15) is 50.5 Å². The SMILES string of the molecule is COc1ccc(C2(C(=O)N3CCC4(CC3)CC4C(=O)O)CCCC2)cc1. The van der Waals surface area contributed by atoms with E-state index in [4.69, 9.17) is 4.74 Å². The third-order valence-electron chi connectivity index (χ3n) is 7.04. The highest BCUT2D eigenvalue weighted by molar-refractivity contribution is 5.89. The number of benzene rings is 1. The average molecular weight is 357 g/mol. The Kier molecular flexibility index (Phi) is 4.20. The smallest absolute Gasteiger partial charge is 0.307 e. The van der Waals surface area contributed by atoms with Gasteiger partial charge in [0.25, 0.3) is 0 Å². The number of hydrogen-bond acceptors (Lipinski definition) is 3. The molecule has 140 valence electrons. The third-order valence-corrected chi connectivity index (χ3v) is 7.04. The van der Waals surface area contributed by atoms with E-state index in [1.54, 1.807) is 7.11 Å². The van der Waals surface area contributed by atoms with Gasteiger partial charge in [-0.15, -0.1) is 0 Å². The van der Waals surface area contributed by atoms with E-state index < -0.39 is 11.4 Å². The first-order valence-corrected chi connectivity index (χ1v) is 9.68. The molecule has 1 spiro atoms. The zero-order chi connectivity index (χ0) is 18.4. The fraction of sp³-hybridized carbons (Fsp3) is 0.619. The standard InChI is InChI=1S/C21H27NO4/c1-26-16-6-4-15(5-7-16)21(8-2-3-9-21)19(25)22-12-10-20(11-13-22)14-17(20)18(23)24/h4-7,17H,2-3,8-14H2,1H3,(H,23,24). The molecule has 0 aromatic heterocycles. The van der Waals surface area contributed by atoms with Gasteiger partial charge in [0.2, 0.25) is 5.91 Å². The van der Waals surface area contributed by atoms with E-state index in [2.05, 4.69) is 0 Å². The summed E-state index contributed by atoms with van der Waals surface area (Å²) in [7, 11) is 1.65. The van der Waals surface area contributed by atoms with Crippen LogP contribution in [0.25, 0.3) is 0 Å². The Morgan fingerprint density at radius 2 is 1.69 bits per heavy atom. The average Bonchev–Trinajstić information content (AvgIpc) is 3.15. The van der Waals surface area contributed by atoms with Crippen LogP contribution in [0.5, 0.6) is 5.75 Å². The maximum atomic E-state index is 13.5. The van der Waals surface area contributed by atoms with Crippen molar-refractivity contribution in [3.05, 3.63) is 29.8 Å². The molecule has 2 saturated carbocycles. The normalized spacial score (nSPS) is 25.9. The minimum absolute atomic E-state index is 0.0361. The van der Waals surface area contributed by atoms with Crippen LogP contribution in [-0.4, -0.2) is 42.1 Å². The van der Waals surface area contributed by atoms with Crippen LogP contribution >= 0.6 is 0 Å². The number of aliphatic carboxylic acids is 1. The minimum atomic E-state index is -0.671. The van der Waals surface area contributed by atoms with Crippen molar-refractivity contribution in [1.29, 1.82) is 0 Å². The topological polar surface area (TPSA) is 66.8 Å². The molecule has 1 heterocycles. The number of likely N-dealkylation sites (tertiary alicyclic amines) is 1. The van der Waals surface area contributed by atoms with Crippen LogP contribution in [0.3, 0.4) is 0 Å². The summed E-state index contributed by atoms with van der Waals surface area (Å²) in [6.45, 7) is 1.39. The number of rotatable bonds is 4. The maximum absolute atomic E-state index is 13.5. The summed E-state index contributed by atoms with van der Waals surface area (Å²) < 4.78 is 5.26. The van der Waals surface area contributed by atoms with Gasteiger partial charge in [0, 0.05) is 13.1 Å². The van der Waals surface area contributed by atoms with Crippen LogP contribution < -0.4 is 4.74 Å². The predicted molar refractivity (Wildman–Crippen MR) is 97.1 cm³/mol. The summed E-state index contributed by atoms with van der Waals surface area (Å²) in [5, 5.41) is 9.26. The molecule has 1 amide bonds. The molecule has 4 rings (SSSR count). The first-order valence-electron chi connectivity index (χ1n) is 9.68. The number of hydrogen-bond donors (Lipinski definition) is 1. The third kappa shape index (κ3) is 2.68. The second-order valence-corrected chi connectivity index (χ2v) is 8.27. The van der Waals surface area contributed by atoms with E-state index in [0.717, 1.165) is 56.3 Å². The largest absolute Gasteiger partial charge is 0.497 e. The quantitative estimate of drug-likeness (QED) is 0.898. The number of piperidine rings is 1. The van der Waals surface area contributed by atoms with Crippen LogP contribution in [0.2, 0.25) is 0 Å². The summed E-state index contributed by atoms with van der Waals surface area (Å²) in [6, 6.07) is 7.95. The molecular weight excluding hydrogens is 330 g/mol. The first-order chi connectivity index (χ1) is 12.5. The highest BCUT2D eigenvalue weighted by atomic mass is 16.5. The Morgan fingerprint density at radius 1 is 1.08 bits per heavy atom. The number of carboxylic acids is 1. The summed E-state index contributed by atoms with van der Waals surface area (Å²) in [6.07, 6.45) is 6.40. The number of carbonyl (C=O) groups is 2. The fourth-order valence-corrected chi connectivity index (χ4v) is 5.22. The second-order valence-electron chi connectivity index (χ2n) is 8.27. The van der Waals surface area contributed by atoms with E-state index in [0.29, 0.717) is 13.1 Å². The number of nitrogens with zero attached hydrogens (tertiary/aromatic N) is 1. The van der Waals surface area contributed by atoms with Gasteiger partial charge in [0.15, 0.2) is 0 Å². The zero-order valence-corrected chi connectivity index (χ0v) is 15.4. The van der Waals surface area contributed by atoms with Gasteiger partial charge < -0.3 is 14.7 Å². The summed E-state index contributed by atoms with van der Waals surface area (Å²) in [5.41, 5.74) is 0.647. The first kappa shape index (κ1) is 17.4. The van der Waals surface area contributed by atoms with Crippen LogP contribution in [0.4, 0.5) is 0 Å². The van der Waals surface area contributed by atoms with Crippen molar-refractivity contribution >= 4 is 11.9 Å². The second kappa shape index (κ2) is 6.29. The van der Waals surface area contributed by atoms with Crippen molar-refractivity contribution < 1.29 is 19.4 Å². The summed E-state index contributed by atoms with van der Waals surface area (Å²) in [5.74, 6) is 0.183. The van der Waals surface area contributed by atoms with E-state index in [-0.39, 0.29) is 17.2 Å². The summed E-state index contributed by atoms with van der Waals surface area (Å²) in [4.78, 5) is 26.8. The molecule has 1 aliphatic heterocycles. The molecule has 1 saturated heterocycles. The molecule has 0 radical (unpaired) electrons. The van der Waals surface area contributed by atoms with E-state index in [1.165, 1.54) is 0 Å². The molecule has 5 heteroatoms. The lowest BCUT2D eigenvalue weighted by Gasteiger charge is -2.39. The molecule has 1 atom stereocenters. The number of amides is 1. The lowest BCUT2D eigenvalue weighted by atomic mass is 9.76. The van der Waals surface area contributed by atoms with Gasteiger partial charge in [-0.05, 0) is 55.2 Å². The van der Waals surface area contributed by atoms with Gasteiger partial charge in [0.05, 0.1) is 18.4 Å². The zero-order valence-electron chi connectivity index (χ0n) is 15.4. The van der Waals surface area contributed by atoms with Gasteiger partial charge >= 0.3 is 5.97 Å². The Hall–Kier alpha value is -2.04. The Bertz CT molecular complexity index is 697. The molecule has 1 aromatic rings. The molecule has 1 aromatic carbocycles. The molecule has 0 bridgehead atoms. The highest BCUT2D eigenvalue weighted by Crippen LogP contribution is 2.59. The van der Waals surface area contributed by atoms with E-state index in [1.807, 2.05) is 29.2 Å². The number of methoxy groups -OCH3 is 1. The van der Waals surface area contributed by atoms with Gasteiger partial charge in [0.1, 0.15) is 5.75 Å². The minimum Gasteiger partial charge on any atom is -0.497 e. The predicted octanol–water partition coefficient (Wildman–Crippen LogP) is 3.22. The van der Waals surface area contributed by atoms with Crippen LogP contribution in [0.15, 0.2) is 24.3 Å². The molecule has 1 N–H and O–H groups in total. The van der Waals surface area contributed by atoms with E-state index >= 15 is 0 Å². The molecule has 1 unspecified atom stereocenters. The van der Waals surface area contributed by atoms with Gasteiger partial charge in [-0.2, -0.15) is 0 Å². The van der Waals surface area contributed by atoms with Crippen molar-refractivity contribution in [3.63, 3.8) is 0 Å². The maximum Gasteiger partial charge on any atom is 0.307 e. The lowest BCUT2D eigenvalue weighted by Crippen LogP contribution is -2.49. The number of carbonyl (C=O) groups excluding carboxylic acids is 1. The van der Waals surface area contributed by atoms with Crippen LogP contribution in [0, 0.1) is 11.3 Å². The highest BCUT2D eigenvalue weighted by Gasteiger charge is 2.59. The Balaban J connectivity index is 1.51. The molecule has 2 aliphatic carbocycles. The molecule has 3 aliphatic rings. The Morgan fingerprint density at radius 3 is 2.19 bits per heavy atom. The Labute approximate surface area is 154 Å². The fourth-order valence-electron chi connectivity index (χ4n) is 5.22. The summed E-state index contributed by atoms with van der Waals surface area (Å²) >= 11 is 0. The number of carboxylic acid groups (broad SMARTS) is 1. The van der Waals surface area contributed by atoms with Crippen molar-refractivity contribution in [2.75, 3.05) is 20.2 Å². The van der Waals surface area contributed by atoms with Gasteiger partial charge in [-0.1, -0.05) is 25.0 Å². The molecular formula is C21H27NO4. The van der Waals surface area contributed by atoms with Crippen molar-refractivity contribution in [2.45, 2.75) is 50.4 Å². The van der Waals surface area contributed by atoms with E-state index in [9.17, 15) is 14.7 Å². The van der Waals surface area contributed by atoms with Crippen molar-refractivity contribution in [1.82, 2.24) is 4.90 Å². The van der Waals surface area contributed by atoms with Gasteiger partial charge in [-0.3, -0.25) is 9.59 Å². The van der Waals surface area contributed by atoms with Crippen LogP contribution in [-0.2, 0) is 15.0 Å². The lowest BCUT2D eigenvalue weighted by molar-refractivity contribution is -0.140. The number of ether oxygens (including phenoxy) is 1. The monoisotopic (exact) mass is 357 g/mol. The molecule has 3 fully saturated rings. The van der Waals surface area contributed by atoms with Crippen molar-refractivity contribution in [2.24, 2.45) is 11.3 Å². The van der Waals surface area contributed by atoms with Gasteiger partial charge in [-0.25, -0.2) is 0 Å². The molecule has 26 heavy (non-hydrogen) atoms. The van der Waals surface area contributed by atoms with Crippen molar-refractivity contribution in [3.8, 4) is 5.75 Å².